The summed E-state index contributed by atoms with van der Waals surface area (Å²) in [5.41, 5.74) is -1.01. The number of methoxy groups -OCH3 is 1. The molecular weight excluding hydrogens is 304 g/mol. The Kier molecular flexibility index (Phi) is 3.71. The molecule has 1 unspecified atom stereocenters. The molecule has 0 spiro atoms. The smallest absolute Gasteiger partial charge is 0.347 e. The average Bonchev–Trinajstić information content (AvgIpc) is 2.55. The topological polar surface area (TPSA) is 107 Å². The van der Waals surface area contributed by atoms with E-state index in [9.17, 15) is 19.5 Å². The molecule has 2 aromatic heterocycles. The minimum atomic E-state index is -1.52. The summed E-state index contributed by atoms with van der Waals surface area (Å²) in [7, 11) is 1.12. The van der Waals surface area contributed by atoms with Crippen molar-refractivity contribution in [3.8, 4) is 0 Å². The van der Waals surface area contributed by atoms with Crippen LogP contribution in [0.25, 0.3) is 21.9 Å². The second kappa shape index (κ2) is 5.69. The minimum Gasteiger partial charge on any atom is -0.467 e. The van der Waals surface area contributed by atoms with Crippen molar-refractivity contribution in [2.75, 3.05) is 7.11 Å². The van der Waals surface area contributed by atoms with E-state index in [1.807, 2.05) is 0 Å². The van der Waals surface area contributed by atoms with Gasteiger partial charge in [-0.15, -0.1) is 0 Å². The fraction of sp³-hybridized carbons (Fsp3) is 0.188. The molecule has 0 aliphatic heterocycles. The van der Waals surface area contributed by atoms with Gasteiger partial charge < -0.3 is 18.7 Å². The van der Waals surface area contributed by atoms with Gasteiger partial charge in [0.2, 0.25) is 0 Å². The Hall–Kier alpha value is -2.93. The molecule has 0 aliphatic rings. The first-order valence-corrected chi connectivity index (χ1v) is 6.75. The Bertz CT molecular complexity index is 1010. The molecule has 2 heterocycles. The fourth-order valence-electron chi connectivity index (χ4n) is 2.33. The third kappa shape index (κ3) is 2.62. The molecule has 0 radical (unpaired) electrons. The third-order valence-corrected chi connectivity index (χ3v) is 3.46. The van der Waals surface area contributed by atoms with E-state index in [0.29, 0.717) is 11.0 Å². The van der Waals surface area contributed by atoms with Crippen LogP contribution in [0.5, 0.6) is 0 Å². The summed E-state index contributed by atoms with van der Waals surface area (Å²) in [6.07, 6.45) is -1.84. The molecule has 0 fully saturated rings. The van der Waals surface area contributed by atoms with E-state index in [1.54, 1.807) is 24.3 Å². The van der Waals surface area contributed by atoms with Gasteiger partial charge in [0.05, 0.1) is 12.5 Å². The summed E-state index contributed by atoms with van der Waals surface area (Å²) in [5, 5.41) is 10.2. The van der Waals surface area contributed by atoms with E-state index in [2.05, 4.69) is 4.74 Å². The van der Waals surface area contributed by atoms with Crippen LogP contribution in [0.15, 0.2) is 48.8 Å². The molecule has 1 N–H and O–H groups in total. The molecule has 0 saturated carbocycles. The Labute approximate surface area is 128 Å². The van der Waals surface area contributed by atoms with Crippen LogP contribution in [-0.4, -0.2) is 24.3 Å². The number of aliphatic hydroxyl groups excluding tert-OH is 1. The monoisotopic (exact) mass is 316 g/mol. The third-order valence-electron chi connectivity index (χ3n) is 3.46. The highest BCUT2D eigenvalue weighted by Crippen LogP contribution is 2.22. The average molecular weight is 316 g/mol. The fourth-order valence-corrected chi connectivity index (χ4v) is 2.33. The lowest BCUT2D eigenvalue weighted by Gasteiger charge is -2.08. The first-order chi connectivity index (χ1) is 11.0. The molecule has 3 rings (SSSR count). The van der Waals surface area contributed by atoms with Gasteiger partial charge in [-0.05, 0) is 18.2 Å². The maximum Gasteiger partial charge on any atom is 0.347 e. The van der Waals surface area contributed by atoms with Crippen LogP contribution in [0.4, 0.5) is 0 Å². The Morgan fingerprint density at radius 3 is 2.65 bits per heavy atom. The van der Waals surface area contributed by atoms with E-state index in [-0.39, 0.29) is 23.0 Å². The van der Waals surface area contributed by atoms with Crippen molar-refractivity contribution in [1.82, 2.24) is 0 Å². The SMILES string of the molecule is COC(=O)C(O)Cc1cc2c(=O)oc3ccccc3c2oc1=O. The number of hydrogen-bond acceptors (Lipinski definition) is 7. The number of aliphatic hydroxyl groups is 1. The molecule has 7 heteroatoms. The van der Waals surface area contributed by atoms with Crippen LogP contribution in [0.2, 0.25) is 0 Å². The first kappa shape index (κ1) is 15.0. The number of carbonyl (C=O) groups is 1. The quantitative estimate of drug-likeness (QED) is 0.436. The molecule has 3 aromatic rings. The van der Waals surface area contributed by atoms with Gasteiger partial charge >= 0.3 is 17.2 Å². The maximum atomic E-state index is 12.1. The molecule has 0 bridgehead atoms. The highest BCUT2D eigenvalue weighted by atomic mass is 16.5. The second-order valence-electron chi connectivity index (χ2n) is 4.93. The van der Waals surface area contributed by atoms with Crippen molar-refractivity contribution in [2.45, 2.75) is 12.5 Å². The Balaban J connectivity index is 2.21. The lowest BCUT2D eigenvalue weighted by molar-refractivity contribution is -0.150. The van der Waals surface area contributed by atoms with Crippen molar-refractivity contribution in [3.05, 3.63) is 56.7 Å². The van der Waals surface area contributed by atoms with Gasteiger partial charge in [0.1, 0.15) is 11.0 Å². The molecule has 7 nitrogen and oxygen atoms in total. The van der Waals surface area contributed by atoms with Gasteiger partial charge in [-0.1, -0.05) is 12.1 Å². The van der Waals surface area contributed by atoms with Crippen LogP contribution < -0.4 is 11.3 Å². The molecule has 0 aliphatic carbocycles. The Morgan fingerprint density at radius 1 is 1.17 bits per heavy atom. The summed E-state index contributed by atoms with van der Waals surface area (Å²) in [6, 6.07) is 7.93. The molecule has 1 aromatic carbocycles. The van der Waals surface area contributed by atoms with E-state index < -0.39 is 23.3 Å². The summed E-state index contributed by atoms with van der Waals surface area (Å²) >= 11 is 0. The summed E-state index contributed by atoms with van der Waals surface area (Å²) < 4.78 is 14.8. The maximum absolute atomic E-state index is 12.1. The van der Waals surface area contributed by atoms with Gasteiger partial charge in [0.25, 0.3) is 0 Å². The number of carbonyl (C=O) groups excluding carboxylic acids is 1. The molecular formula is C16H12O7. The number of hydrogen-bond donors (Lipinski definition) is 1. The summed E-state index contributed by atoms with van der Waals surface area (Å²) in [5.74, 6) is -0.880. The second-order valence-corrected chi connectivity index (χ2v) is 4.93. The summed E-state index contributed by atoms with van der Waals surface area (Å²) in [6.45, 7) is 0. The van der Waals surface area contributed by atoms with Crippen molar-refractivity contribution >= 4 is 27.9 Å². The van der Waals surface area contributed by atoms with Crippen LogP contribution >= 0.6 is 0 Å². The van der Waals surface area contributed by atoms with Gasteiger partial charge in [-0.3, -0.25) is 0 Å². The first-order valence-electron chi connectivity index (χ1n) is 6.75. The molecule has 0 saturated heterocycles. The van der Waals surface area contributed by atoms with Crippen LogP contribution in [0.1, 0.15) is 5.56 Å². The summed E-state index contributed by atoms with van der Waals surface area (Å²) in [4.78, 5) is 35.4. The number of benzene rings is 1. The minimum absolute atomic E-state index is 0.0158. The zero-order valence-corrected chi connectivity index (χ0v) is 12.1. The number of rotatable bonds is 3. The largest absolute Gasteiger partial charge is 0.467 e. The number of esters is 1. The van der Waals surface area contributed by atoms with E-state index in [1.165, 1.54) is 6.07 Å². The van der Waals surface area contributed by atoms with Crippen molar-refractivity contribution in [1.29, 1.82) is 0 Å². The van der Waals surface area contributed by atoms with E-state index in [4.69, 9.17) is 8.83 Å². The van der Waals surface area contributed by atoms with Crippen LogP contribution in [0, 0.1) is 0 Å². The number of para-hydroxylation sites is 1. The predicted molar refractivity (Wildman–Crippen MR) is 80.3 cm³/mol. The lowest BCUT2D eigenvalue weighted by atomic mass is 10.1. The van der Waals surface area contributed by atoms with Gasteiger partial charge in [-0.2, -0.15) is 0 Å². The zero-order chi connectivity index (χ0) is 16.6. The van der Waals surface area contributed by atoms with Crippen LogP contribution in [0.3, 0.4) is 0 Å². The molecule has 23 heavy (non-hydrogen) atoms. The Morgan fingerprint density at radius 2 is 1.91 bits per heavy atom. The molecule has 118 valence electrons. The highest BCUT2D eigenvalue weighted by molar-refractivity contribution is 6.00. The van der Waals surface area contributed by atoms with E-state index in [0.717, 1.165) is 7.11 Å². The number of fused-ring (bicyclic) bond motifs is 3. The normalized spacial score (nSPS) is 12.4. The lowest BCUT2D eigenvalue weighted by Crippen LogP contribution is -2.26. The van der Waals surface area contributed by atoms with Crippen molar-refractivity contribution in [3.63, 3.8) is 0 Å². The van der Waals surface area contributed by atoms with Gasteiger partial charge in [-0.25, -0.2) is 14.4 Å². The highest BCUT2D eigenvalue weighted by Gasteiger charge is 2.20. The molecule has 0 amide bonds. The van der Waals surface area contributed by atoms with Crippen LogP contribution in [-0.2, 0) is 16.0 Å². The van der Waals surface area contributed by atoms with Gasteiger partial charge in [0, 0.05) is 12.0 Å². The van der Waals surface area contributed by atoms with Crippen molar-refractivity contribution in [2.24, 2.45) is 0 Å². The van der Waals surface area contributed by atoms with E-state index >= 15 is 0 Å². The molecule has 1 atom stereocenters. The predicted octanol–water partition coefficient (Wildman–Crippen LogP) is 0.976. The number of ether oxygens (including phenoxy) is 1. The zero-order valence-electron chi connectivity index (χ0n) is 12.1. The van der Waals surface area contributed by atoms with Crippen molar-refractivity contribution < 1.29 is 23.5 Å². The standard InChI is InChI=1S/C16H12O7/c1-21-16(20)11(17)7-8-6-10-13(23-14(8)18)9-4-2-3-5-12(9)22-15(10)19/h2-6,11,17H,7H2,1H3. The van der Waals surface area contributed by atoms with Gasteiger partial charge in [0.15, 0.2) is 11.7 Å².